The largest absolute Gasteiger partial charge is 1.00 e. The fourth-order valence-electron chi connectivity index (χ4n) is 1.21. The van der Waals surface area contributed by atoms with E-state index in [0.29, 0.717) is 0 Å². The van der Waals surface area contributed by atoms with Crippen molar-refractivity contribution in [1.29, 1.82) is 0 Å². The van der Waals surface area contributed by atoms with Crippen LogP contribution in [0.15, 0.2) is 24.3 Å². The molecule has 0 saturated heterocycles. The van der Waals surface area contributed by atoms with E-state index in [-0.39, 0.29) is 46.2 Å². The first-order valence-corrected chi connectivity index (χ1v) is 7.47. The van der Waals surface area contributed by atoms with Crippen molar-refractivity contribution in [2.24, 2.45) is 0 Å². The zero-order valence-corrected chi connectivity index (χ0v) is 15.6. The molecule has 0 fully saturated rings. The maximum Gasteiger partial charge on any atom is 1.00 e. The van der Waals surface area contributed by atoms with E-state index in [1.807, 2.05) is 0 Å². The van der Waals surface area contributed by atoms with Crippen LogP contribution in [0.25, 0.3) is 0 Å². The molecule has 0 aliphatic rings. The van der Waals surface area contributed by atoms with Crippen molar-refractivity contribution in [2.45, 2.75) is 26.7 Å². The van der Waals surface area contributed by atoms with Crippen molar-refractivity contribution >= 4 is 23.7 Å². The van der Waals surface area contributed by atoms with E-state index in [4.69, 9.17) is 5.11 Å². The summed E-state index contributed by atoms with van der Waals surface area (Å²) in [5, 5.41) is 18.7. The molecular weight excluding hydrogens is 303 g/mol. The Hall–Kier alpha value is -0.530. The second kappa shape index (κ2) is 15.9. The topological polar surface area (TPSA) is 107 Å². The fourth-order valence-corrected chi connectivity index (χ4v) is 2.06. The van der Waals surface area contributed by atoms with E-state index in [1.54, 1.807) is 11.8 Å². The molecule has 0 heterocycles. The Kier molecular flexibility index (Phi) is 19.2. The van der Waals surface area contributed by atoms with Gasteiger partial charge in [-0.15, -0.1) is 0 Å². The van der Waals surface area contributed by atoms with Crippen molar-refractivity contribution in [2.75, 3.05) is 11.5 Å². The molecule has 1 aromatic rings. The molecule has 114 valence electrons. The molecule has 0 atom stereocenters. The third-order valence-corrected chi connectivity index (χ3v) is 3.64. The first-order chi connectivity index (χ1) is 9.02. The predicted octanol–water partition coefficient (Wildman–Crippen LogP) is -1.80. The molecule has 0 aliphatic heterocycles. The summed E-state index contributed by atoms with van der Waals surface area (Å²) in [7, 11) is 0. The number of carbonyl (C=O) groups is 2. The molecule has 0 bridgehead atoms. The van der Waals surface area contributed by atoms with Gasteiger partial charge in [-0.1, -0.05) is 26.0 Å². The summed E-state index contributed by atoms with van der Waals surface area (Å²) >= 11 is 1.64. The normalized spacial score (nSPS) is 8.48. The van der Waals surface area contributed by atoms with Crippen LogP contribution in [-0.4, -0.2) is 34.0 Å². The van der Waals surface area contributed by atoms with Crippen LogP contribution in [0.2, 0.25) is 0 Å². The van der Waals surface area contributed by atoms with Crippen LogP contribution in [0.5, 0.6) is 0 Å². The zero-order chi connectivity index (χ0) is 14.7. The second-order valence-corrected chi connectivity index (χ2v) is 5.19. The fraction of sp³-hybridized carbons (Fsp3) is 0.429. The average molecular weight is 324 g/mol. The van der Waals surface area contributed by atoms with Crippen LogP contribution in [0.4, 0.5) is 0 Å². The summed E-state index contributed by atoms with van der Waals surface area (Å²) in [6, 6.07) is 5.00. The van der Waals surface area contributed by atoms with Gasteiger partial charge in [0.25, 0.3) is 0 Å². The van der Waals surface area contributed by atoms with Gasteiger partial charge in [0.15, 0.2) is 0 Å². The molecule has 0 aliphatic carbocycles. The predicted molar refractivity (Wildman–Crippen MR) is 78.7 cm³/mol. The van der Waals surface area contributed by atoms with E-state index in [9.17, 15) is 14.7 Å². The molecule has 21 heavy (non-hydrogen) atoms. The van der Waals surface area contributed by atoms with Gasteiger partial charge in [-0.2, -0.15) is 0 Å². The van der Waals surface area contributed by atoms with Crippen molar-refractivity contribution in [1.82, 2.24) is 0 Å². The van der Waals surface area contributed by atoms with Crippen molar-refractivity contribution in [3.63, 3.8) is 0 Å². The molecule has 0 spiro atoms. The molecule has 2 N–H and O–H groups in total. The minimum absolute atomic E-state index is 0. The number of carbonyl (C=O) groups excluding carboxylic acids is 1. The smallest absolute Gasteiger partial charge is 0.870 e. The van der Waals surface area contributed by atoms with E-state index in [0.717, 1.165) is 6.07 Å². The minimum atomic E-state index is -1.38. The van der Waals surface area contributed by atoms with Crippen LogP contribution >= 0.6 is 0 Å². The van der Waals surface area contributed by atoms with E-state index < -0.39 is 11.9 Å². The number of thiol groups is 1. The van der Waals surface area contributed by atoms with Crippen LogP contribution in [-0.2, 0) is 11.8 Å². The van der Waals surface area contributed by atoms with Gasteiger partial charge in [-0.05, 0) is 42.3 Å². The molecule has 5 nitrogen and oxygen atoms in total. The van der Waals surface area contributed by atoms with Gasteiger partial charge in [0, 0.05) is 0 Å². The Balaban J connectivity index is -0.000000317. The summed E-state index contributed by atoms with van der Waals surface area (Å²) in [5.41, 5.74) is -0.188. The Bertz CT molecular complexity index is 379. The summed E-state index contributed by atoms with van der Waals surface area (Å²) in [6.07, 6.45) is 2.70. The maximum absolute atomic E-state index is 10.4. The molecule has 0 unspecified atom stereocenters. The first-order valence-electron chi connectivity index (χ1n) is 6.20. The minimum Gasteiger partial charge on any atom is -0.870 e. The molecule has 1 rings (SSSR count). The Morgan fingerprint density at radius 1 is 1.14 bits per heavy atom. The third kappa shape index (κ3) is 12.9. The number of hydrogen-bond acceptors (Lipinski definition) is 4. The molecule has 0 amide bonds. The number of rotatable bonds is 6. The number of hydrogen-bond donors (Lipinski definition) is 1. The number of carboxylic acids is 2. The summed E-state index contributed by atoms with van der Waals surface area (Å²) in [6.45, 7) is 4.48. The van der Waals surface area contributed by atoms with Crippen LogP contribution in [0.1, 0.15) is 47.4 Å². The standard InChI is InChI=1S/C8H6O4.C6H14S.Na.H2O/c9-7(10)5-2-1-3-6(4-5)8(11)12;1-3-5-7-6-4-2;;/h1-4H,(H,9,10)(H,11,12);3-6H2,1-2H3;;1H2/q;;+1;/p-1. The first kappa shape index (κ1) is 25.4. The monoisotopic (exact) mass is 324 g/mol. The van der Waals surface area contributed by atoms with Gasteiger partial charge < -0.3 is 20.5 Å². The molecule has 0 radical (unpaired) electrons. The van der Waals surface area contributed by atoms with Gasteiger partial charge >= 0.3 is 35.5 Å². The van der Waals surface area contributed by atoms with Gasteiger partial charge in [-0.3, -0.25) is 0 Å². The van der Waals surface area contributed by atoms with Crippen LogP contribution in [0.3, 0.4) is 0 Å². The third-order valence-electron chi connectivity index (χ3n) is 2.11. The van der Waals surface area contributed by atoms with E-state index >= 15 is 0 Å². The quantitative estimate of drug-likeness (QED) is 0.287. The maximum atomic E-state index is 10.4. The van der Waals surface area contributed by atoms with Gasteiger partial charge in [0.2, 0.25) is 0 Å². The Labute approximate surface area is 151 Å². The molecular formula is C14H21NaO5S. The average Bonchev–Trinajstić information content (AvgIpc) is 2.40. The SMILES string of the molecule is CCC[SH+]CCC.O=C([O-])c1cccc(C(=O)O)c1.[Na+].[OH-]. The summed E-state index contributed by atoms with van der Waals surface area (Å²) in [4.78, 5) is 20.6. The van der Waals surface area contributed by atoms with Crippen molar-refractivity contribution in [3.05, 3.63) is 35.4 Å². The van der Waals surface area contributed by atoms with Crippen LogP contribution < -0.4 is 34.7 Å². The number of carboxylic acid groups (broad SMARTS) is 2. The Morgan fingerprint density at radius 2 is 1.62 bits per heavy atom. The molecule has 7 heteroatoms. The zero-order valence-electron chi connectivity index (χ0n) is 12.7. The van der Waals surface area contributed by atoms with Crippen molar-refractivity contribution < 1.29 is 54.8 Å². The van der Waals surface area contributed by atoms with E-state index in [2.05, 4.69) is 13.8 Å². The summed E-state index contributed by atoms with van der Waals surface area (Å²) < 4.78 is 0. The number of aromatic carboxylic acids is 2. The van der Waals surface area contributed by atoms with Crippen LogP contribution in [0, 0.1) is 0 Å². The summed E-state index contributed by atoms with van der Waals surface area (Å²) in [5.74, 6) is 0.262. The van der Waals surface area contributed by atoms with Gasteiger partial charge in [0.05, 0.1) is 11.5 Å². The number of benzene rings is 1. The molecule has 0 aromatic heterocycles. The second-order valence-electron chi connectivity index (χ2n) is 3.84. The van der Waals surface area contributed by atoms with Crippen molar-refractivity contribution in [3.8, 4) is 0 Å². The Morgan fingerprint density at radius 3 is 2.00 bits per heavy atom. The van der Waals surface area contributed by atoms with Gasteiger partial charge in [0.1, 0.15) is 11.5 Å². The van der Waals surface area contributed by atoms with E-state index in [1.165, 1.54) is 42.5 Å². The molecule has 1 aromatic carbocycles. The van der Waals surface area contributed by atoms with Gasteiger partial charge in [-0.25, -0.2) is 4.79 Å². The molecule has 0 saturated carbocycles.